The highest BCUT2D eigenvalue weighted by Gasteiger charge is 2.05. The van der Waals surface area contributed by atoms with Gasteiger partial charge in [0.15, 0.2) is 6.29 Å². The fraction of sp³-hybridized carbons (Fsp3) is 0.154. The Labute approximate surface area is 99.3 Å². The molecule has 0 aliphatic rings. The largest absolute Gasteiger partial charge is 0.496 e. The van der Waals surface area contributed by atoms with E-state index in [0.717, 1.165) is 23.2 Å². The molecule has 0 radical (unpaired) electrons. The fourth-order valence-corrected chi connectivity index (χ4v) is 1.55. The van der Waals surface area contributed by atoms with Crippen molar-refractivity contribution in [2.75, 3.05) is 7.11 Å². The number of hydrogen-bond donors (Lipinski definition) is 0. The van der Waals surface area contributed by atoms with Gasteiger partial charge in [0.1, 0.15) is 11.6 Å². The maximum Gasteiger partial charge on any atom is 0.153 e. The van der Waals surface area contributed by atoms with Crippen LogP contribution in [0.2, 0.25) is 0 Å². The highest BCUT2D eigenvalue weighted by molar-refractivity contribution is 5.82. The van der Waals surface area contributed by atoms with E-state index in [1.165, 1.54) is 7.11 Å². The van der Waals surface area contributed by atoms with E-state index >= 15 is 0 Å². The smallest absolute Gasteiger partial charge is 0.153 e. The Morgan fingerprint density at radius 1 is 1.18 bits per heavy atom. The second-order valence-electron chi connectivity index (χ2n) is 3.59. The molecule has 0 saturated carbocycles. The van der Waals surface area contributed by atoms with Crippen molar-refractivity contribution in [2.45, 2.75) is 6.92 Å². The van der Waals surface area contributed by atoms with Gasteiger partial charge in [-0.25, -0.2) is 9.97 Å². The van der Waals surface area contributed by atoms with Gasteiger partial charge in [0.2, 0.25) is 0 Å². The number of rotatable bonds is 3. The summed E-state index contributed by atoms with van der Waals surface area (Å²) in [6, 6.07) is 5.40. The molecule has 0 amide bonds. The Morgan fingerprint density at radius 3 is 2.47 bits per heavy atom. The third-order valence-corrected chi connectivity index (χ3v) is 2.47. The summed E-state index contributed by atoms with van der Waals surface area (Å²) in [5, 5.41) is 0. The van der Waals surface area contributed by atoms with Crippen molar-refractivity contribution in [3.63, 3.8) is 0 Å². The minimum absolute atomic E-state index is 0.519. The molecule has 17 heavy (non-hydrogen) atoms. The molecule has 0 atom stereocenters. The van der Waals surface area contributed by atoms with Crippen molar-refractivity contribution in [3.8, 4) is 16.9 Å². The minimum atomic E-state index is 0.519. The van der Waals surface area contributed by atoms with Crippen molar-refractivity contribution >= 4 is 6.29 Å². The van der Waals surface area contributed by atoms with E-state index in [-0.39, 0.29) is 0 Å². The second-order valence-corrected chi connectivity index (χ2v) is 3.59. The van der Waals surface area contributed by atoms with E-state index < -0.39 is 0 Å². The van der Waals surface area contributed by atoms with Gasteiger partial charge < -0.3 is 4.74 Å². The molecule has 2 aromatic rings. The van der Waals surface area contributed by atoms with Crippen LogP contribution in [0.5, 0.6) is 5.75 Å². The maximum atomic E-state index is 10.9. The number of nitrogens with zero attached hydrogens (tertiary/aromatic N) is 2. The summed E-state index contributed by atoms with van der Waals surface area (Å²) in [5.41, 5.74) is 2.29. The molecule has 0 N–H and O–H groups in total. The third kappa shape index (κ3) is 2.30. The van der Waals surface area contributed by atoms with E-state index in [1.807, 2.05) is 13.0 Å². The lowest BCUT2D eigenvalue weighted by Crippen LogP contribution is -1.92. The summed E-state index contributed by atoms with van der Waals surface area (Å²) < 4.78 is 5.08. The van der Waals surface area contributed by atoms with Gasteiger partial charge in [0.05, 0.1) is 12.7 Å². The first-order chi connectivity index (χ1) is 8.24. The highest BCUT2D eigenvalue weighted by Crippen LogP contribution is 2.24. The fourth-order valence-electron chi connectivity index (χ4n) is 1.55. The summed E-state index contributed by atoms with van der Waals surface area (Å²) in [7, 11) is 1.54. The zero-order valence-corrected chi connectivity index (χ0v) is 9.68. The van der Waals surface area contributed by atoms with Crippen LogP contribution in [0.25, 0.3) is 11.1 Å². The summed E-state index contributed by atoms with van der Waals surface area (Å²) in [4.78, 5) is 19.2. The average molecular weight is 228 g/mol. The Kier molecular flexibility index (Phi) is 3.14. The van der Waals surface area contributed by atoms with Crippen LogP contribution in [0.3, 0.4) is 0 Å². The zero-order valence-electron chi connectivity index (χ0n) is 9.68. The first-order valence-electron chi connectivity index (χ1n) is 5.17. The van der Waals surface area contributed by atoms with Gasteiger partial charge in [-0.1, -0.05) is 6.07 Å². The van der Waals surface area contributed by atoms with Crippen molar-refractivity contribution < 1.29 is 9.53 Å². The number of aryl methyl sites for hydroxylation is 1. The molecule has 86 valence electrons. The van der Waals surface area contributed by atoms with Crippen molar-refractivity contribution in [1.82, 2.24) is 9.97 Å². The quantitative estimate of drug-likeness (QED) is 0.756. The number of aldehydes is 1. The number of aromatic nitrogens is 2. The molecule has 0 fully saturated rings. The predicted molar refractivity (Wildman–Crippen MR) is 64.1 cm³/mol. The molecule has 0 unspecified atom stereocenters. The lowest BCUT2D eigenvalue weighted by Gasteiger charge is -2.06. The minimum Gasteiger partial charge on any atom is -0.496 e. The van der Waals surface area contributed by atoms with Gasteiger partial charge in [-0.15, -0.1) is 0 Å². The standard InChI is InChI=1S/C13H12N2O2/c1-9-14-6-12(7-15-9)10-3-4-13(17-2)11(5-10)8-16/h3-8H,1-2H3. The first-order valence-corrected chi connectivity index (χ1v) is 5.17. The summed E-state index contributed by atoms with van der Waals surface area (Å²) in [6.45, 7) is 1.83. The van der Waals surface area contributed by atoms with E-state index in [1.54, 1.807) is 24.5 Å². The van der Waals surface area contributed by atoms with Gasteiger partial charge in [-0.05, 0) is 24.6 Å². The van der Waals surface area contributed by atoms with Gasteiger partial charge in [0.25, 0.3) is 0 Å². The number of ether oxygens (including phenoxy) is 1. The molecule has 0 spiro atoms. The molecule has 4 nitrogen and oxygen atoms in total. The van der Waals surface area contributed by atoms with Gasteiger partial charge in [0, 0.05) is 18.0 Å². The summed E-state index contributed by atoms with van der Waals surface area (Å²) >= 11 is 0. The monoisotopic (exact) mass is 228 g/mol. The molecule has 0 aliphatic heterocycles. The Balaban J connectivity index is 2.46. The Morgan fingerprint density at radius 2 is 1.88 bits per heavy atom. The number of hydrogen-bond acceptors (Lipinski definition) is 4. The predicted octanol–water partition coefficient (Wildman–Crippen LogP) is 2.27. The molecular weight excluding hydrogens is 216 g/mol. The SMILES string of the molecule is COc1ccc(-c2cnc(C)nc2)cc1C=O. The highest BCUT2D eigenvalue weighted by atomic mass is 16.5. The molecule has 1 aromatic carbocycles. The summed E-state index contributed by atoms with van der Waals surface area (Å²) in [6.07, 6.45) is 4.24. The molecule has 0 aliphatic carbocycles. The van der Waals surface area contributed by atoms with Gasteiger partial charge >= 0.3 is 0 Å². The van der Waals surface area contributed by atoms with Crippen LogP contribution in [0.15, 0.2) is 30.6 Å². The van der Waals surface area contributed by atoms with Crippen LogP contribution in [-0.4, -0.2) is 23.4 Å². The van der Waals surface area contributed by atoms with Crippen LogP contribution in [0.1, 0.15) is 16.2 Å². The normalized spacial score (nSPS) is 10.0. The number of benzene rings is 1. The van der Waals surface area contributed by atoms with Crippen LogP contribution < -0.4 is 4.74 Å². The van der Waals surface area contributed by atoms with Crippen LogP contribution >= 0.6 is 0 Å². The van der Waals surface area contributed by atoms with E-state index in [2.05, 4.69) is 9.97 Å². The van der Waals surface area contributed by atoms with Crippen molar-refractivity contribution in [1.29, 1.82) is 0 Å². The van der Waals surface area contributed by atoms with E-state index in [0.29, 0.717) is 11.3 Å². The molecule has 0 bridgehead atoms. The number of methoxy groups -OCH3 is 1. The average Bonchev–Trinajstić information content (AvgIpc) is 2.39. The van der Waals surface area contributed by atoms with Crippen molar-refractivity contribution in [3.05, 3.63) is 42.0 Å². The molecular formula is C13H12N2O2. The van der Waals surface area contributed by atoms with Gasteiger partial charge in [-0.3, -0.25) is 4.79 Å². The third-order valence-electron chi connectivity index (χ3n) is 2.47. The molecule has 1 aromatic heterocycles. The molecule has 0 saturated heterocycles. The van der Waals surface area contributed by atoms with Crippen molar-refractivity contribution in [2.24, 2.45) is 0 Å². The Hall–Kier alpha value is -2.23. The van der Waals surface area contributed by atoms with E-state index in [9.17, 15) is 4.79 Å². The van der Waals surface area contributed by atoms with E-state index in [4.69, 9.17) is 4.74 Å². The first kappa shape index (κ1) is 11.3. The molecule has 2 rings (SSSR count). The molecule has 4 heteroatoms. The lowest BCUT2D eigenvalue weighted by atomic mass is 10.1. The summed E-state index contributed by atoms with van der Waals surface area (Å²) in [5.74, 6) is 1.29. The molecule has 1 heterocycles. The Bertz CT molecular complexity index is 536. The van der Waals surface area contributed by atoms with Crippen LogP contribution in [0.4, 0.5) is 0 Å². The van der Waals surface area contributed by atoms with Gasteiger partial charge in [-0.2, -0.15) is 0 Å². The van der Waals surface area contributed by atoms with Crippen LogP contribution in [-0.2, 0) is 0 Å². The zero-order chi connectivity index (χ0) is 12.3. The number of carbonyl (C=O) groups is 1. The number of carbonyl (C=O) groups excluding carboxylic acids is 1. The topological polar surface area (TPSA) is 52.1 Å². The van der Waals surface area contributed by atoms with Crippen LogP contribution in [0, 0.1) is 6.92 Å². The lowest BCUT2D eigenvalue weighted by molar-refractivity contribution is 0.112. The maximum absolute atomic E-state index is 10.9. The second kappa shape index (κ2) is 4.74.